The molecule has 32 nitrogen and oxygen atoms in total. The summed E-state index contributed by atoms with van der Waals surface area (Å²) in [5, 5.41) is 18.0. The average molecular weight is 2070 g/mol. The Hall–Kier alpha value is -12.1. The molecule has 13 aromatic rings. The first-order chi connectivity index (χ1) is 68.1. The van der Waals surface area contributed by atoms with Gasteiger partial charge in [0.15, 0.2) is 33.9 Å². The van der Waals surface area contributed by atoms with Crippen LogP contribution in [0.1, 0.15) is 326 Å². The number of aryl methyl sites for hydroxylation is 3. The molecule has 38 heteroatoms. The van der Waals surface area contributed by atoms with Crippen LogP contribution in [0.5, 0.6) is 0 Å². The zero-order chi connectivity index (χ0) is 105. The molecule has 784 valence electrons. The van der Waals surface area contributed by atoms with E-state index in [1.807, 2.05) is 166 Å². The predicted octanol–water partition coefficient (Wildman–Crippen LogP) is 25.5. The average Bonchev–Trinajstić information content (AvgIpc) is 1.66. The van der Waals surface area contributed by atoms with Crippen LogP contribution in [0.2, 0.25) is 10.3 Å². The molecule has 5 saturated carbocycles. The number of nitrogens with one attached hydrogen (secondary N) is 6. The Morgan fingerprint density at radius 1 is 0.432 bits per heavy atom. The Kier molecular flexibility index (Phi) is 36.2. The number of amides is 6. The highest BCUT2D eigenvalue weighted by atomic mass is 35.5. The smallest absolute Gasteiger partial charge is 0.375 e. The van der Waals surface area contributed by atoms with E-state index in [0.29, 0.717) is 115 Å². The zero-order valence-corrected chi connectivity index (χ0v) is 90.7. The van der Waals surface area contributed by atoms with E-state index in [1.54, 1.807) is 25.3 Å². The number of rotatable bonds is 24. The van der Waals surface area contributed by atoms with Crippen molar-refractivity contribution in [2.75, 3.05) is 38.5 Å². The predicted molar refractivity (Wildman–Crippen MR) is 575 cm³/mol. The van der Waals surface area contributed by atoms with E-state index in [4.69, 9.17) is 39.3 Å². The number of hydrogen-bond donors (Lipinski definition) is 6. The Labute approximate surface area is 868 Å². The maximum Gasteiger partial charge on any atom is 0.406 e. The quantitative estimate of drug-likeness (QED) is 0.0242. The Morgan fingerprint density at radius 2 is 0.788 bits per heavy atom. The van der Waals surface area contributed by atoms with Gasteiger partial charge >= 0.3 is 6.18 Å². The third-order valence-corrected chi connectivity index (χ3v) is 26.4. The zero-order valence-electron chi connectivity index (χ0n) is 88.3. The SMILES string of the molecule is C#Cc1ccc2nc(NC(=O)CC(C)(C)C)n(C3CCC3)c2n1.CC(C)(C)CC(=O)Nc1nc2ccc(-c3cccnc3)nc2n1C1CCC1.CC(C)(C)OCC(C)(C)C(=O)Nc1nc2ccc(Cl)nc2n1C1CCC1.CCC(CC)CC(=O)Nc1nc2ccc(C)nc2n1C1CCC1.Cc1cc2nc(NC(=O)CC(C)(C)C)n(CC(F)(F)F)c2nc1Cl.Cc1ccc2nc(NC(=O)CC(C)(C)C)n(C3CCC3)c2n1.Cl. The lowest BCUT2D eigenvalue weighted by Gasteiger charge is -2.30. The van der Waals surface area contributed by atoms with Crippen LogP contribution in [0.4, 0.5) is 48.9 Å². The van der Waals surface area contributed by atoms with E-state index in [0.717, 1.165) is 160 Å². The lowest BCUT2D eigenvalue weighted by molar-refractivity contribution is -0.140. The number of nitrogens with zero attached hydrogens (tertiary/aromatic N) is 19. The molecule has 18 rings (SSSR count). The summed E-state index contributed by atoms with van der Waals surface area (Å²) >= 11 is 12.0. The minimum atomic E-state index is -4.49. The van der Waals surface area contributed by atoms with E-state index >= 15 is 0 Å². The summed E-state index contributed by atoms with van der Waals surface area (Å²) < 4.78 is 55.7. The topological polar surface area (TPSA) is 381 Å². The van der Waals surface area contributed by atoms with Crippen molar-refractivity contribution >= 4 is 174 Å². The monoisotopic (exact) mass is 2060 g/mol. The number of terminal acetylenes is 1. The molecule has 13 heterocycles. The Bertz CT molecular complexity index is 6870. The van der Waals surface area contributed by atoms with Crippen LogP contribution in [0.3, 0.4) is 0 Å². The molecule has 5 fully saturated rings. The minimum Gasteiger partial charge on any atom is -0.375 e. The molecule has 6 N–H and O–H groups in total. The number of carbonyl (C=O) groups is 6. The van der Waals surface area contributed by atoms with Gasteiger partial charge in [-0.2, -0.15) is 13.2 Å². The van der Waals surface area contributed by atoms with Gasteiger partial charge in [0.25, 0.3) is 0 Å². The van der Waals surface area contributed by atoms with Crippen LogP contribution in [0.15, 0.2) is 91.3 Å². The molecule has 0 aliphatic heterocycles. The Balaban J connectivity index is 0.000000156. The fraction of sp³-hybridized carbons (Fsp3) is 0.546. The number of pyridine rings is 7. The number of alkyl halides is 3. The van der Waals surface area contributed by atoms with Crippen LogP contribution in [-0.4, -0.2) is 146 Å². The first kappa shape index (κ1) is 113. The van der Waals surface area contributed by atoms with Crippen molar-refractivity contribution in [3.63, 3.8) is 0 Å². The number of carbonyl (C=O) groups excluding carboxylic acids is 6. The second-order valence-electron chi connectivity index (χ2n) is 45.4. The number of ether oxygens (including phenoxy) is 1. The summed E-state index contributed by atoms with van der Waals surface area (Å²) in [4.78, 5) is 133. The number of halogens is 6. The molecular formula is C108H143Cl3F3N25O7. The van der Waals surface area contributed by atoms with Gasteiger partial charge in [-0.05, 0) is 264 Å². The standard InChI is InChI=1S/C21H25N5O.C19H27ClN4O2.C18H22N4O.C18H26N4O.C17H24N4O.C15H18ClF3N4O.ClH/c1-21(2,3)12-18(27)25-20-24-17-10-9-16(14-6-5-11-22-13-14)23-19(17)26(20)15-7-4-8-15;1-18(2,3)26-11-19(4,5)16(25)23-17-21-13-9-10-14(20)22-15(13)24(17)12-7-6-8-12;1-5-12-9-10-14-16(19-12)22(13-7-6-8-13)17(20-14)21-15(23)11-18(2,3)4;1-4-13(5-2)11-16(23)21-18-20-15-10-9-12(3)19-17(15)22(18)14-7-6-8-14;1-11-8-9-13-15(18-11)21(12-6-5-7-12)16(19-13)20-14(22)10-17(2,3)4;1-8-5-9-12(22-11(8)16)23(7-15(17,18)19)13(20-9)21-10(24)6-14(2,3)4;/h5-6,9-11,13,15H,4,7-8,12H2,1-3H3,(H,24,25,27);9-10,12H,6-8,11H2,1-5H3,(H,21,23,25);1,9-10,13H,6-8,11H2,2-4H3,(H,20,21,23);9-10,13-14H,4-8,11H2,1-3H3,(H,20,21,23);8-9,12H,5-7,10H2,1-4H3,(H,19,20,22);5H,6-7H2,1-4H3,(H,20,21,24);1H. The van der Waals surface area contributed by atoms with Crippen molar-refractivity contribution in [2.45, 2.75) is 342 Å². The number of imidazole rings is 6. The molecule has 0 atom stereocenters. The maximum absolute atomic E-state index is 12.9. The van der Waals surface area contributed by atoms with E-state index in [-0.39, 0.29) is 97.9 Å². The molecule has 13 aromatic heterocycles. The minimum absolute atomic E-state index is 0. The fourth-order valence-electron chi connectivity index (χ4n) is 17.1. The highest BCUT2D eigenvalue weighted by Crippen LogP contribution is 2.44. The van der Waals surface area contributed by atoms with Gasteiger partial charge < -0.3 is 4.74 Å². The van der Waals surface area contributed by atoms with Gasteiger partial charge in [0.05, 0.1) is 23.3 Å². The molecular weight excluding hydrogens is 1920 g/mol. The number of aromatic nitrogens is 19. The third kappa shape index (κ3) is 29.9. The molecule has 6 amide bonds. The summed E-state index contributed by atoms with van der Waals surface area (Å²) in [5.41, 5.74) is 11.9. The second kappa shape index (κ2) is 46.9. The van der Waals surface area contributed by atoms with Crippen LogP contribution < -0.4 is 31.9 Å². The first-order valence-electron chi connectivity index (χ1n) is 50.6. The lowest BCUT2D eigenvalue weighted by Crippen LogP contribution is -2.38. The van der Waals surface area contributed by atoms with Crippen LogP contribution in [0, 0.1) is 66.1 Å². The molecule has 0 aromatic carbocycles. The van der Waals surface area contributed by atoms with Crippen molar-refractivity contribution in [1.29, 1.82) is 0 Å². The van der Waals surface area contributed by atoms with Gasteiger partial charge in [-0.1, -0.05) is 139 Å². The van der Waals surface area contributed by atoms with E-state index < -0.39 is 24.0 Å². The van der Waals surface area contributed by atoms with Gasteiger partial charge in [-0.15, -0.1) is 18.8 Å². The molecule has 0 bridgehead atoms. The van der Waals surface area contributed by atoms with Crippen LogP contribution in [-0.2, 0) is 40.0 Å². The van der Waals surface area contributed by atoms with Crippen molar-refractivity contribution in [3.05, 3.63) is 124 Å². The number of anilines is 6. The van der Waals surface area contributed by atoms with Crippen molar-refractivity contribution < 1.29 is 46.7 Å². The molecule has 0 radical (unpaired) electrons. The molecule has 146 heavy (non-hydrogen) atoms. The summed E-state index contributed by atoms with van der Waals surface area (Å²) in [5.74, 6) is 5.37. The van der Waals surface area contributed by atoms with Gasteiger partial charge in [-0.25, -0.2) is 59.8 Å². The number of hydrogen-bond acceptors (Lipinski definition) is 20. The molecule has 0 saturated heterocycles. The van der Waals surface area contributed by atoms with Crippen molar-refractivity contribution in [1.82, 2.24) is 92.2 Å². The van der Waals surface area contributed by atoms with E-state index in [9.17, 15) is 41.9 Å². The molecule has 5 aliphatic carbocycles. The van der Waals surface area contributed by atoms with Crippen LogP contribution >= 0.6 is 35.6 Å². The first-order valence-corrected chi connectivity index (χ1v) is 51.4. The highest BCUT2D eigenvalue weighted by molar-refractivity contribution is 6.30. The third-order valence-electron chi connectivity index (χ3n) is 25.8. The Morgan fingerprint density at radius 3 is 1.15 bits per heavy atom. The van der Waals surface area contributed by atoms with Gasteiger partial charge in [0.1, 0.15) is 55.6 Å². The molecule has 5 aliphatic rings. The summed E-state index contributed by atoms with van der Waals surface area (Å²) in [6, 6.07) is 26.3. The molecule has 0 unspecified atom stereocenters. The second-order valence-corrected chi connectivity index (χ2v) is 46.1. The van der Waals surface area contributed by atoms with Crippen molar-refractivity contribution in [3.8, 4) is 23.6 Å². The highest BCUT2D eigenvalue weighted by Gasteiger charge is 2.38. The van der Waals surface area contributed by atoms with Crippen LogP contribution in [0.25, 0.3) is 78.2 Å². The summed E-state index contributed by atoms with van der Waals surface area (Å²) in [7, 11) is 0. The largest absolute Gasteiger partial charge is 0.406 e. The molecule has 0 spiro atoms. The van der Waals surface area contributed by atoms with Gasteiger partial charge in [-0.3, -0.25) is 93.1 Å². The fourth-order valence-corrected chi connectivity index (χ4v) is 17.4. The lowest BCUT2D eigenvalue weighted by atomic mass is 9.92. The van der Waals surface area contributed by atoms with Gasteiger partial charge in [0.2, 0.25) is 71.1 Å². The van der Waals surface area contributed by atoms with E-state index in [1.165, 1.54) is 38.2 Å². The van der Waals surface area contributed by atoms with E-state index in [2.05, 4.69) is 167 Å². The summed E-state index contributed by atoms with van der Waals surface area (Å²) in [6.07, 6.45) is 25.7. The summed E-state index contributed by atoms with van der Waals surface area (Å²) in [6.45, 7) is 42.7. The normalized spacial score (nSPS) is 14.8. The maximum atomic E-state index is 12.9. The number of fused-ring (bicyclic) bond motifs is 6. The van der Waals surface area contributed by atoms with Crippen molar-refractivity contribution in [2.24, 2.45) is 33.0 Å². The van der Waals surface area contributed by atoms with Gasteiger partial charge in [0, 0.05) is 91.7 Å².